The Balaban J connectivity index is 0.000000146. The normalized spacial score (nSPS) is 8.93. The van der Waals surface area contributed by atoms with Gasteiger partial charge in [-0.25, -0.2) is 0 Å². The summed E-state index contributed by atoms with van der Waals surface area (Å²) in [6.07, 6.45) is 6.33. The topological polar surface area (TPSA) is 54.7 Å². The summed E-state index contributed by atoms with van der Waals surface area (Å²) < 4.78 is 0. The second-order valence-corrected chi connectivity index (χ2v) is 2.84. The van der Waals surface area contributed by atoms with Crippen LogP contribution in [0.5, 0.6) is 0 Å². The molecule has 0 aliphatic heterocycles. The molecule has 2 aromatic rings. The summed E-state index contributed by atoms with van der Waals surface area (Å²) >= 11 is 0. The average Bonchev–Trinajstić information content (AvgIpc) is 2.68. The number of pyridine rings is 1. The van der Waals surface area contributed by atoms with Gasteiger partial charge in [-0.3, -0.25) is 4.98 Å². The van der Waals surface area contributed by atoms with E-state index in [1.807, 2.05) is 24.3 Å². The molecule has 14 heavy (non-hydrogen) atoms. The molecule has 0 unspecified atom stereocenters. The van der Waals surface area contributed by atoms with Crippen LogP contribution in [0.2, 0.25) is 0 Å². The first-order chi connectivity index (χ1) is 6.83. The Morgan fingerprint density at radius 1 is 1.29 bits per heavy atom. The molecule has 0 radical (unpaired) electrons. The van der Waals surface area contributed by atoms with Gasteiger partial charge in [0.15, 0.2) is 0 Å². The van der Waals surface area contributed by atoms with Crippen LogP contribution in [-0.4, -0.2) is 9.97 Å². The lowest BCUT2D eigenvalue weighted by Gasteiger charge is -1.81. The predicted molar refractivity (Wildman–Crippen MR) is 58.8 cm³/mol. The van der Waals surface area contributed by atoms with Crippen molar-refractivity contribution < 1.29 is 0 Å². The summed E-state index contributed by atoms with van der Waals surface area (Å²) in [7, 11) is 0. The number of aromatic nitrogens is 2. The third-order valence-corrected chi connectivity index (χ3v) is 1.71. The van der Waals surface area contributed by atoms with Gasteiger partial charge in [0.1, 0.15) is 0 Å². The van der Waals surface area contributed by atoms with E-state index >= 15 is 0 Å². The fourth-order valence-electron chi connectivity index (χ4n) is 0.977. The SMILES string of the molecule is CCc1cc(N)c[nH]1.c1ccncc1. The highest BCUT2D eigenvalue weighted by atomic mass is 14.7. The first kappa shape index (κ1) is 10.3. The van der Waals surface area contributed by atoms with Crippen LogP contribution in [0.4, 0.5) is 5.69 Å². The van der Waals surface area contributed by atoms with Gasteiger partial charge in [0, 0.05) is 30.0 Å². The van der Waals surface area contributed by atoms with Crippen molar-refractivity contribution in [2.45, 2.75) is 13.3 Å². The molecule has 0 fully saturated rings. The molecule has 3 nitrogen and oxygen atoms in total. The fourth-order valence-corrected chi connectivity index (χ4v) is 0.977. The van der Waals surface area contributed by atoms with E-state index in [-0.39, 0.29) is 0 Å². The predicted octanol–water partition coefficient (Wildman–Crippen LogP) is 2.24. The van der Waals surface area contributed by atoms with Gasteiger partial charge in [0.05, 0.1) is 0 Å². The zero-order chi connectivity index (χ0) is 10.2. The van der Waals surface area contributed by atoms with E-state index in [4.69, 9.17) is 5.73 Å². The summed E-state index contributed by atoms with van der Waals surface area (Å²) in [6.45, 7) is 2.09. The highest BCUT2D eigenvalue weighted by molar-refractivity contribution is 5.37. The van der Waals surface area contributed by atoms with Gasteiger partial charge in [0.2, 0.25) is 0 Å². The van der Waals surface area contributed by atoms with Gasteiger partial charge >= 0.3 is 0 Å². The maximum atomic E-state index is 5.42. The number of aromatic amines is 1. The van der Waals surface area contributed by atoms with Crippen LogP contribution in [0.3, 0.4) is 0 Å². The van der Waals surface area contributed by atoms with Gasteiger partial charge in [-0.05, 0) is 24.6 Å². The van der Waals surface area contributed by atoms with Gasteiger partial charge in [-0.1, -0.05) is 13.0 Å². The average molecular weight is 189 g/mol. The van der Waals surface area contributed by atoms with Crippen molar-refractivity contribution in [3.8, 4) is 0 Å². The van der Waals surface area contributed by atoms with Crippen molar-refractivity contribution in [1.29, 1.82) is 0 Å². The summed E-state index contributed by atoms with van der Waals surface area (Å²) in [5, 5.41) is 0. The van der Waals surface area contributed by atoms with Crippen molar-refractivity contribution >= 4 is 5.69 Å². The van der Waals surface area contributed by atoms with E-state index in [1.165, 1.54) is 5.69 Å². The van der Waals surface area contributed by atoms with Crippen molar-refractivity contribution in [3.63, 3.8) is 0 Å². The van der Waals surface area contributed by atoms with Crippen LogP contribution >= 0.6 is 0 Å². The fraction of sp³-hybridized carbons (Fsp3) is 0.182. The molecular weight excluding hydrogens is 174 g/mol. The number of anilines is 1. The maximum absolute atomic E-state index is 5.42. The molecule has 0 aliphatic rings. The Hall–Kier alpha value is -1.77. The molecule has 2 aromatic heterocycles. The lowest BCUT2D eigenvalue weighted by Crippen LogP contribution is -1.77. The summed E-state index contributed by atoms with van der Waals surface area (Å²) in [6, 6.07) is 7.66. The maximum Gasteiger partial charge on any atom is 0.0494 e. The third-order valence-electron chi connectivity index (χ3n) is 1.71. The quantitative estimate of drug-likeness (QED) is 0.722. The Kier molecular flexibility index (Phi) is 4.27. The number of rotatable bonds is 1. The molecule has 0 aromatic carbocycles. The first-order valence-corrected chi connectivity index (χ1v) is 4.60. The molecule has 0 bridgehead atoms. The van der Waals surface area contributed by atoms with Gasteiger partial charge in [0.25, 0.3) is 0 Å². The molecule has 3 heteroatoms. The smallest absolute Gasteiger partial charge is 0.0494 e. The second-order valence-electron chi connectivity index (χ2n) is 2.84. The van der Waals surface area contributed by atoms with Crippen LogP contribution in [0.1, 0.15) is 12.6 Å². The molecule has 0 aliphatic carbocycles. The van der Waals surface area contributed by atoms with Crippen molar-refractivity contribution in [1.82, 2.24) is 9.97 Å². The molecule has 0 spiro atoms. The monoisotopic (exact) mass is 189 g/mol. The van der Waals surface area contributed by atoms with Crippen LogP contribution < -0.4 is 5.73 Å². The van der Waals surface area contributed by atoms with Crippen LogP contribution in [0.15, 0.2) is 42.9 Å². The second kappa shape index (κ2) is 5.80. The molecule has 0 atom stereocenters. The number of nitrogen functional groups attached to an aromatic ring is 1. The van der Waals surface area contributed by atoms with Gasteiger partial charge < -0.3 is 10.7 Å². The Bertz CT molecular complexity index is 314. The Morgan fingerprint density at radius 2 is 2.00 bits per heavy atom. The number of hydrogen-bond acceptors (Lipinski definition) is 2. The highest BCUT2D eigenvalue weighted by Gasteiger charge is 1.88. The minimum Gasteiger partial charge on any atom is -0.397 e. The minimum atomic E-state index is 0.821. The molecule has 74 valence electrons. The molecule has 0 saturated carbocycles. The van der Waals surface area contributed by atoms with E-state index in [9.17, 15) is 0 Å². The number of hydrogen-bond donors (Lipinski definition) is 2. The van der Waals surface area contributed by atoms with Crippen molar-refractivity contribution in [2.75, 3.05) is 5.73 Å². The van der Waals surface area contributed by atoms with Crippen LogP contribution in [0, 0.1) is 0 Å². The van der Waals surface area contributed by atoms with Gasteiger partial charge in [-0.15, -0.1) is 0 Å². The third kappa shape index (κ3) is 3.76. The van der Waals surface area contributed by atoms with Crippen LogP contribution in [0.25, 0.3) is 0 Å². The Morgan fingerprint density at radius 3 is 2.21 bits per heavy atom. The number of nitrogens with one attached hydrogen (secondary N) is 1. The zero-order valence-corrected chi connectivity index (χ0v) is 8.27. The van der Waals surface area contributed by atoms with E-state index in [2.05, 4.69) is 16.9 Å². The first-order valence-electron chi connectivity index (χ1n) is 4.60. The molecule has 2 rings (SSSR count). The van der Waals surface area contributed by atoms with E-state index in [0.717, 1.165) is 12.1 Å². The minimum absolute atomic E-state index is 0.821. The highest BCUT2D eigenvalue weighted by Crippen LogP contribution is 2.03. The molecule has 2 heterocycles. The molecule has 0 amide bonds. The molecule has 3 N–H and O–H groups in total. The summed E-state index contributed by atoms with van der Waals surface area (Å²) in [4.78, 5) is 6.81. The largest absolute Gasteiger partial charge is 0.397 e. The van der Waals surface area contributed by atoms with Crippen molar-refractivity contribution in [3.05, 3.63) is 48.5 Å². The lowest BCUT2D eigenvalue weighted by atomic mass is 10.3. The number of aryl methyl sites for hydroxylation is 1. The van der Waals surface area contributed by atoms with Gasteiger partial charge in [-0.2, -0.15) is 0 Å². The summed E-state index contributed by atoms with van der Waals surface area (Å²) in [5.74, 6) is 0. The lowest BCUT2D eigenvalue weighted by molar-refractivity contribution is 1.06. The number of H-pyrrole nitrogens is 1. The number of nitrogens with two attached hydrogens (primary N) is 1. The summed E-state index contributed by atoms with van der Waals surface area (Å²) in [5.41, 5.74) is 7.44. The van der Waals surface area contributed by atoms with E-state index in [1.54, 1.807) is 18.6 Å². The Labute approximate surface area is 84.0 Å². The van der Waals surface area contributed by atoms with Crippen LogP contribution in [-0.2, 0) is 6.42 Å². The molecule has 0 saturated heterocycles. The molecular formula is C11H15N3. The van der Waals surface area contributed by atoms with Crippen molar-refractivity contribution in [2.24, 2.45) is 0 Å². The standard InChI is InChI=1S/C6H10N2.C5H5N/c1-2-6-3-5(7)4-8-6;1-2-4-6-5-3-1/h3-4,8H,2,7H2,1H3;1-5H. The van der Waals surface area contributed by atoms with E-state index in [0.29, 0.717) is 0 Å². The zero-order valence-electron chi connectivity index (χ0n) is 8.27. The van der Waals surface area contributed by atoms with E-state index < -0.39 is 0 Å². The number of nitrogens with zero attached hydrogens (tertiary/aromatic N) is 1.